The Morgan fingerprint density at radius 1 is 1.56 bits per heavy atom. The van der Waals surface area contributed by atoms with Crippen molar-refractivity contribution in [1.82, 2.24) is 10.3 Å². The first-order valence-electron chi connectivity index (χ1n) is 5.43. The summed E-state index contributed by atoms with van der Waals surface area (Å²) in [5.41, 5.74) is 0.987. The normalized spacial score (nSPS) is 22.2. The number of nitrogens with zero attached hydrogens (tertiary/aromatic N) is 1. The number of hydrogen-bond acceptors (Lipinski definition) is 3. The Hall–Kier alpha value is -0.450. The molecular formula is C11H15ClN2OS. The van der Waals surface area contributed by atoms with Crippen molar-refractivity contribution in [2.45, 2.75) is 24.6 Å². The lowest BCUT2D eigenvalue weighted by atomic mass is 10.3. The fourth-order valence-electron chi connectivity index (χ4n) is 1.86. The van der Waals surface area contributed by atoms with E-state index in [0.717, 1.165) is 24.3 Å². The fraction of sp³-hybridized carbons (Fsp3) is 0.545. The van der Waals surface area contributed by atoms with Gasteiger partial charge in [-0.15, -0.1) is 0 Å². The zero-order chi connectivity index (χ0) is 11.4. The van der Waals surface area contributed by atoms with Crippen molar-refractivity contribution in [3.8, 4) is 0 Å². The number of nitrogens with one attached hydrogen (secondary N) is 1. The van der Waals surface area contributed by atoms with Gasteiger partial charge in [0.05, 0.1) is 5.75 Å². The molecule has 1 aromatic rings. The van der Waals surface area contributed by atoms with E-state index in [4.69, 9.17) is 11.6 Å². The molecule has 1 saturated heterocycles. The third-order valence-electron chi connectivity index (χ3n) is 2.67. The highest BCUT2D eigenvalue weighted by molar-refractivity contribution is 7.84. The van der Waals surface area contributed by atoms with Crippen molar-refractivity contribution >= 4 is 22.4 Å². The second-order valence-corrected chi connectivity index (χ2v) is 5.92. The van der Waals surface area contributed by atoms with Crippen LogP contribution in [0.15, 0.2) is 18.3 Å². The Balaban J connectivity index is 1.84. The van der Waals surface area contributed by atoms with E-state index in [9.17, 15) is 4.21 Å². The van der Waals surface area contributed by atoms with Gasteiger partial charge in [-0.1, -0.05) is 17.7 Å². The minimum absolute atomic E-state index is 0.432. The quantitative estimate of drug-likeness (QED) is 0.837. The molecule has 1 aliphatic rings. The summed E-state index contributed by atoms with van der Waals surface area (Å²) in [4.78, 5) is 3.98. The van der Waals surface area contributed by atoms with Gasteiger partial charge in [0.2, 0.25) is 0 Å². The van der Waals surface area contributed by atoms with Crippen LogP contribution in [0.5, 0.6) is 0 Å². The maximum Gasteiger partial charge on any atom is 0.129 e. The smallest absolute Gasteiger partial charge is 0.129 e. The van der Waals surface area contributed by atoms with Crippen LogP contribution in [0, 0.1) is 0 Å². The maximum absolute atomic E-state index is 11.9. The molecule has 5 heteroatoms. The van der Waals surface area contributed by atoms with Crippen LogP contribution in [-0.4, -0.2) is 27.5 Å². The minimum atomic E-state index is -0.813. The van der Waals surface area contributed by atoms with Gasteiger partial charge in [0.1, 0.15) is 5.15 Å². The van der Waals surface area contributed by atoms with E-state index in [-0.39, 0.29) is 0 Å². The zero-order valence-corrected chi connectivity index (χ0v) is 10.6. The summed E-state index contributed by atoms with van der Waals surface area (Å²) in [5.74, 6) is 1.31. The Bertz CT molecular complexity index is 363. The maximum atomic E-state index is 11.9. The molecule has 3 nitrogen and oxygen atoms in total. The molecule has 1 N–H and O–H groups in total. The van der Waals surface area contributed by atoms with Gasteiger partial charge >= 0.3 is 0 Å². The third-order valence-corrected chi connectivity index (χ3v) is 4.32. The summed E-state index contributed by atoms with van der Waals surface area (Å²) in [5, 5.41) is 3.83. The lowest BCUT2D eigenvalue weighted by Crippen LogP contribution is -2.27. The van der Waals surface area contributed by atoms with Gasteiger partial charge in [-0.3, -0.25) is 4.21 Å². The van der Waals surface area contributed by atoms with Crippen LogP contribution in [0.2, 0.25) is 5.15 Å². The van der Waals surface area contributed by atoms with Crippen LogP contribution in [-0.2, 0) is 16.6 Å². The van der Waals surface area contributed by atoms with E-state index in [2.05, 4.69) is 10.3 Å². The average Bonchev–Trinajstić information content (AvgIpc) is 2.74. The van der Waals surface area contributed by atoms with Gasteiger partial charge in [0.25, 0.3) is 0 Å². The zero-order valence-electron chi connectivity index (χ0n) is 8.99. The van der Waals surface area contributed by atoms with E-state index in [1.165, 1.54) is 6.42 Å². The van der Waals surface area contributed by atoms with Gasteiger partial charge in [-0.25, -0.2) is 4.98 Å². The average molecular weight is 259 g/mol. The minimum Gasteiger partial charge on any atom is -0.313 e. The fourth-order valence-corrected chi connectivity index (χ4v) is 3.37. The van der Waals surface area contributed by atoms with Crippen molar-refractivity contribution in [2.24, 2.45) is 0 Å². The predicted octanol–water partition coefficient (Wildman–Crippen LogP) is 1.74. The number of rotatable bonds is 4. The molecule has 2 rings (SSSR count). The Morgan fingerprint density at radius 2 is 2.44 bits per heavy atom. The molecule has 88 valence electrons. The Labute approximate surface area is 103 Å². The summed E-state index contributed by atoms with van der Waals surface area (Å²) in [7, 11) is -0.813. The number of hydrogen-bond donors (Lipinski definition) is 1. The van der Waals surface area contributed by atoms with Crippen LogP contribution in [0.1, 0.15) is 18.4 Å². The van der Waals surface area contributed by atoms with Crippen LogP contribution in [0.4, 0.5) is 0 Å². The molecule has 1 aromatic heterocycles. The van der Waals surface area contributed by atoms with Gasteiger partial charge in [0.15, 0.2) is 0 Å². The molecule has 0 saturated carbocycles. The van der Waals surface area contributed by atoms with Crippen molar-refractivity contribution in [3.63, 3.8) is 0 Å². The first-order chi connectivity index (χ1) is 7.74. The molecule has 0 aliphatic carbocycles. The Kier molecular flexibility index (Phi) is 4.32. The van der Waals surface area contributed by atoms with Crippen molar-refractivity contribution in [1.29, 1.82) is 0 Å². The largest absolute Gasteiger partial charge is 0.313 e. The first kappa shape index (κ1) is 12.0. The second-order valence-electron chi connectivity index (χ2n) is 4.03. The predicted molar refractivity (Wildman–Crippen MR) is 67.0 cm³/mol. The van der Waals surface area contributed by atoms with Crippen LogP contribution in [0.25, 0.3) is 0 Å². The van der Waals surface area contributed by atoms with Crippen molar-refractivity contribution < 1.29 is 4.21 Å². The molecule has 2 atom stereocenters. The van der Waals surface area contributed by atoms with Gasteiger partial charge < -0.3 is 5.32 Å². The molecule has 0 bridgehead atoms. The molecule has 2 unspecified atom stereocenters. The third kappa shape index (κ3) is 3.54. The summed E-state index contributed by atoms with van der Waals surface area (Å²) < 4.78 is 11.9. The van der Waals surface area contributed by atoms with E-state index in [1.807, 2.05) is 6.07 Å². The Morgan fingerprint density at radius 3 is 3.06 bits per heavy atom. The molecule has 0 radical (unpaired) electrons. The molecule has 0 aromatic carbocycles. The van der Waals surface area contributed by atoms with E-state index >= 15 is 0 Å². The molecular weight excluding hydrogens is 244 g/mol. The summed E-state index contributed by atoms with van der Waals surface area (Å²) in [6.45, 7) is 1.06. The molecule has 16 heavy (non-hydrogen) atoms. The molecule has 2 heterocycles. The summed E-state index contributed by atoms with van der Waals surface area (Å²) in [6.07, 6.45) is 4.04. The SMILES string of the molecule is O=S(Cc1ccc(Cl)nc1)CC1CCCN1. The number of pyridine rings is 1. The van der Waals surface area contributed by atoms with Crippen LogP contribution < -0.4 is 5.32 Å². The standard InChI is InChI=1S/C11H15ClN2OS/c12-11-4-3-9(6-14-11)7-16(15)8-10-2-1-5-13-10/h3-4,6,10,13H,1-2,5,7-8H2. The number of aromatic nitrogens is 1. The van der Waals surface area contributed by atoms with Crippen LogP contribution >= 0.6 is 11.6 Å². The number of halogens is 1. The van der Waals surface area contributed by atoms with Crippen molar-refractivity contribution in [3.05, 3.63) is 29.0 Å². The molecule has 1 fully saturated rings. The highest BCUT2D eigenvalue weighted by Gasteiger charge is 2.16. The van der Waals surface area contributed by atoms with Gasteiger partial charge in [-0.2, -0.15) is 0 Å². The lowest BCUT2D eigenvalue weighted by molar-refractivity contribution is 0.643. The molecule has 1 aliphatic heterocycles. The van der Waals surface area contributed by atoms with Gasteiger partial charge in [0, 0.05) is 28.8 Å². The monoisotopic (exact) mass is 258 g/mol. The highest BCUT2D eigenvalue weighted by atomic mass is 35.5. The van der Waals surface area contributed by atoms with E-state index in [0.29, 0.717) is 16.9 Å². The van der Waals surface area contributed by atoms with E-state index < -0.39 is 10.8 Å². The molecule has 0 spiro atoms. The molecule has 0 amide bonds. The van der Waals surface area contributed by atoms with Crippen LogP contribution in [0.3, 0.4) is 0 Å². The topological polar surface area (TPSA) is 42.0 Å². The summed E-state index contributed by atoms with van der Waals surface area (Å²) >= 11 is 5.69. The second kappa shape index (κ2) is 5.75. The lowest BCUT2D eigenvalue weighted by Gasteiger charge is -2.09. The van der Waals surface area contributed by atoms with E-state index in [1.54, 1.807) is 12.3 Å². The van der Waals surface area contributed by atoms with Gasteiger partial charge in [-0.05, 0) is 31.0 Å². The highest BCUT2D eigenvalue weighted by Crippen LogP contribution is 2.10. The summed E-state index contributed by atoms with van der Waals surface area (Å²) in [6, 6.07) is 4.05. The first-order valence-corrected chi connectivity index (χ1v) is 7.29. The van der Waals surface area contributed by atoms with Crippen molar-refractivity contribution in [2.75, 3.05) is 12.3 Å².